The van der Waals surface area contributed by atoms with Gasteiger partial charge in [0.15, 0.2) is 0 Å². The molecule has 21 heavy (non-hydrogen) atoms. The fraction of sp³-hybridized carbons (Fsp3) is 0.867. The topological polar surface area (TPSA) is 78.9 Å². The van der Waals surface area contributed by atoms with Crippen molar-refractivity contribution in [3.05, 3.63) is 0 Å². The van der Waals surface area contributed by atoms with Gasteiger partial charge in [0.2, 0.25) is 5.91 Å². The molecule has 2 rings (SSSR count). The summed E-state index contributed by atoms with van der Waals surface area (Å²) in [7, 11) is 0. The normalized spacial score (nSPS) is 27.4. The zero-order valence-corrected chi connectivity index (χ0v) is 12.9. The van der Waals surface area contributed by atoms with E-state index >= 15 is 0 Å². The van der Waals surface area contributed by atoms with Crippen LogP contribution in [0.3, 0.4) is 0 Å². The first-order valence-electron chi connectivity index (χ1n) is 7.81. The van der Waals surface area contributed by atoms with Gasteiger partial charge in [-0.2, -0.15) is 0 Å². The van der Waals surface area contributed by atoms with Gasteiger partial charge in [0.25, 0.3) is 0 Å². The van der Waals surface area contributed by atoms with Crippen LogP contribution in [0.25, 0.3) is 0 Å². The molecule has 2 N–H and O–H groups in total. The molecule has 0 aromatic carbocycles. The molecule has 0 aromatic heterocycles. The van der Waals surface area contributed by atoms with Gasteiger partial charge >= 0.3 is 5.97 Å². The van der Waals surface area contributed by atoms with Crippen molar-refractivity contribution in [1.82, 2.24) is 10.2 Å². The number of hydrogen-bond acceptors (Lipinski definition) is 4. The van der Waals surface area contributed by atoms with E-state index in [0.717, 1.165) is 32.7 Å². The summed E-state index contributed by atoms with van der Waals surface area (Å²) in [6.07, 6.45) is 1.50. The van der Waals surface area contributed by atoms with Crippen LogP contribution in [-0.2, 0) is 14.3 Å². The van der Waals surface area contributed by atoms with E-state index in [9.17, 15) is 9.59 Å². The number of hydrogen-bond donors (Lipinski definition) is 2. The third-order valence-corrected chi connectivity index (χ3v) is 4.26. The van der Waals surface area contributed by atoms with Crippen molar-refractivity contribution in [2.24, 2.45) is 17.8 Å². The Morgan fingerprint density at radius 1 is 1.29 bits per heavy atom. The van der Waals surface area contributed by atoms with Crippen LogP contribution in [0, 0.1) is 17.8 Å². The highest BCUT2D eigenvalue weighted by atomic mass is 16.5. The number of carbonyl (C=O) groups is 2. The van der Waals surface area contributed by atoms with E-state index in [1.54, 1.807) is 0 Å². The molecule has 1 aliphatic carbocycles. The number of aliphatic carboxylic acids is 1. The predicted octanol–water partition coefficient (Wildman–Crippen LogP) is 0.570. The molecule has 0 bridgehead atoms. The SMILES string of the molecule is CC(C)CC(CNC(=O)C1CC1C(=O)O)N1CCOCC1. The van der Waals surface area contributed by atoms with Gasteiger partial charge in [-0.1, -0.05) is 13.8 Å². The molecular formula is C15H26N2O4. The lowest BCUT2D eigenvalue weighted by Crippen LogP contribution is -2.49. The maximum Gasteiger partial charge on any atom is 0.307 e. The summed E-state index contributed by atoms with van der Waals surface area (Å²) in [5.41, 5.74) is 0. The van der Waals surface area contributed by atoms with Crippen molar-refractivity contribution in [3.63, 3.8) is 0 Å². The van der Waals surface area contributed by atoms with Crippen LogP contribution in [0.4, 0.5) is 0 Å². The van der Waals surface area contributed by atoms with Crippen LogP contribution in [0.1, 0.15) is 26.7 Å². The second-order valence-corrected chi connectivity index (χ2v) is 6.46. The largest absolute Gasteiger partial charge is 0.481 e. The maximum absolute atomic E-state index is 12.0. The second-order valence-electron chi connectivity index (χ2n) is 6.46. The first-order chi connectivity index (χ1) is 9.99. The van der Waals surface area contributed by atoms with E-state index in [2.05, 4.69) is 24.1 Å². The molecule has 1 aliphatic heterocycles. The molecule has 0 aromatic rings. The van der Waals surface area contributed by atoms with Crippen molar-refractivity contribution >= 4 is 11.9 Å². The Morgan fingerprint density at radius 2 is 1.95 bits per heavy atom. The lowest BCUT2D eigenvalue weighted by molar-refractivity contribution is -0.140. The van der Waals surface area contributed by atoms with Gasteiger partial charge in [0, 0.05) is 25.7 Å². The second kappa shape index (κ2) is 7.22. The minimum atomic E-state index is -0.859. The van der Waals surface area contributed by atoms with Gasteiger partial charge < -0.3 is 15.2 Å². The zero-order valence-electron chi connectivity index (χ0n) is 12.9. The summed E-state index contributed by atoms with van der Waals surface area (Å²) < 4.78 is 5.37. The van der Waals surface area contributed by atoms with E-state index in [1.165, 1.54) is 0 Å². The highest BCUT2D eigenvalue weighted by Gasteiger charge is 2.48. The first kappa shape index (κ1) is 16.2. The van der Waals surface area contributed by atoms with Crippen molar-refractivity contribution in [2.75, 3.05) is 32.8 Å². The van der Waals surface area contributed by atoms with Gasteiger partial charge in [0.1, 0.15) is 0 Å². The number of carboxylic acids is 1. The molecule has 3 unspecified atom stereocenters. The van der Waals surface area contributed by atoms with Crippen LogP contribution in [0.2, 0.25) is 0 Å². The summed E-state index contributed by atoms with van der Waals surface area (Å²) in [4.78, 5) is 25.1. The monoisotopic (exact) mass is 298 g/mol. The van der Waals surface area contributed by atoms with E-state index in [4.69, 9.17) is 9.84 Å². The van der Waals surface area contributed by atoms with Crippen LogP contribution >= 0.6 is 0 Å². The van der Waals surface area contributed by atoms with Crippen molar-refractivity contribution < 1.29 is 19.4 Å². The first-order valence-corrected chi connectivity index (χ1v) is 7.81. The van der Waals surface area contributed by atoms with Crippen LogP contribution in [0.15, 0.2) is 0 Å². The fourth-order valence-electron chi connectivity index (χ4n) is 2.96. The van der Waals surface area contributed by atoms with Crippen molar-refractivity contribution in [3.8, 4) is 0 Å². The average Bonchev–Trinajstić information content (AvgIpc) is 3.24. The Kier molecular flexibility index (Phi) is 5.58. The molecule has 1 amide bonds. The summed E-state index contributed by atoms with van der Waals surface area (Å²) in [6.45, 7) is 8.23. The maximum atomic E-state index is 12.0. The molecule has 0 spiro atoms. The summed E-state index contributed by atoms with van der Waals surface area (Å²) in [5.74, 6) is -1.21. The predicted molar refractivity (Wildman–Crippen MR) is 77.9 cm³/mol. The molecule has 2 aliphatic rings. The number of ether oxygens (including phenoxy) is 1. The molecule has 2 fully saturated rings. The molecule has 1 heterocycles. The molecular weight excluding hydrogens is 272 g/mol. The van der Waals surface area contributed by atoms with Crippen LogP contribution in [0.5, 0.6) is 0 Å². The lowest BCUT2D eigenvalue weighted by atomic mass is 10.0. The third-order valence-electron chi connectivity index (χ3n) is 4.26. The smallest absolute Gasteiger partial charge is 0.307 e. The molecule has 6 heteroatoms. The van der Waals surface area contributed by atoms with Crippen molar-refractivity contribution in [2.45, 2.75) is 32.7 Å². The van der Waals surface area contributed by atoms with Crippen molar-refractivity contribution in [1.29, 1.82) is 0 Å². The van der Waals surface area contributed by atoms with Gasteiger partial charge in [-0.25, -0.2) is 0 Å². The third kappa shape index (κ3) is 4.68. The highest BCUT2D eigenvalue weighted by Crippen LogP contribution is 2.38. The molecule has 3 atom stereocenters. The number of carboxylic acid groups (broad SMARTS) is 1. The quantitative estimate of drug-likeness (QED) is 0.718. The Morgan fingerprint density at radius 3 is 2.48 bits per heavy atom. The molecule has 120 valence electrons. The summed E-state index contributed by atoms with van der Waals surface area (Å²) in [6, 6.07) is 0.305. The molecule has 1 saturated carbocycles. The van der Waals surface area contributed by atoms with E-state index in [0.29, 0.717) is 24.9 Å². The minimum Gasteiger partial charge on any atom is -0.481 e. The number of nitrogens with zero attached hydrogens (tertiary/aromatic N) is 1. The molecule has 6 nitrogen and oxygen atoms in total. The minimum absolute atomic E-state index is 0.107. The molecule has 0 radical (unpaired) electrons. The fourth-order valence-corrected chi connectivity index (χ4v) is 2.96. The van der Waals surface area contributed by atoms with Crippen LogP contribution < -0.4 is 5.32 Å². The molecule has 1 saturated heterocycles. The Bertz CT molecular complexity index is 380. The highest BCUT2D eigenvalue weighted by molar-refractivity contribution is 5.89. The zero-order chi connectivity index (χ0) is 15.4. The number of rotatable bonds is 7. The average molecular weight is 298 g/mol. The standard InChI is InChI=1S/C15H26N2O4/c1-10(2)7-11(17-3-5-21-6-4-17)9-16-14(18)12-8-13(12)15(19)20/h10-13H,3-9H2,1-2H3,(H,16,18)(H,19,20). The van der Waals surface area contributed by atoms with E-state index in [1.807, 2.05) is 0 Å². The Balaban J connectivity index is 1.81. The summed E-state index contributed by atoms with van der Waals surface area (Å²) in [5, 5.41) is 11.8. The Labute approximate surface area is 125 Å². The van der Waals surface area contributed by atoms with E-state index < -0.39 is 11.9 Å². The van der Waals surface area contributed by atoms with E-state index in [-0.39, 0.29) is 11.8 Å². The van der Waals surface area contributed by atoms with Crippen LogP contribution in [-0.4, -0.2) is 60.8 Å². The van der Waals surface area contributed by atoms with Gasteiger partial charge in [-0.3, -0.25) is 14.5 Å². The number of nitrogens with one attached hydrogen (secondary N) is 1. The number of amides is 1. The van der Waals surface area contributed by atoms with Gasteiger partial charge in [-0.05, 0) is 18.8 Å². The summed E-state index contributed by atoms with van der Waals surface area (Å²) >= 11 is 0. The van der Waals surface area contributed by atoms with Gasteiger partial charge in [-0.15, -0.1) is 0 Å². The Hall–Kier alpha value is -1.14. The number of morpholine rings is 1. The lowest BCUT2D eigenvalue weighted by Gasteiger charge is -2.35. The van der Waals surface area contributed by atoms with Gasteiger partial charge in [0.05, 0.1) is 25.0 Å². The number of carbonyl (C=O) groups excluding carboxylic acids is 1.